The van der Waals surface area contributed by atoms with Crippen molar-refractivity contribution in [1.29, 1.82) is 0 Å². The quantitative estimate of drug-likeness (QED) is 0.132. The zero-order valence-electron chi connectivity index (χ0n) is 28.7. The molecule has 0 aliphatic heterocycles. The van der Waals surface area contributed by atoms with Crippen LogP contribution in [0.1, 0.15) is 9.75 Å². The molecule has 1 aliphatic rings. The second kappa shape index (κ2) is 9.64. The molecule has 0 amide bonds. The van der Waals surface area contributed by atoms with Crippen LogP contribution in [0.2, 0.25) is 0 Å². The Bertz CT molecular complexity index is 3530. The molecule has 4 aromatic heterocycles. The van der Waals surface area contributed by atoms with E-state index in [0.29, 0.717) is 0 Å². The summed E-state index contributed by atoms with van der Waals surface area (Å²) in [4.78, 5) is 24.5. The molecule has 0 fully saturated rings. The standard InChI is InChI=1S/C48H26N2OS2/c1-23-11-21-37(52-23)43-25-7-3-4-8-26(25)44(38-22-12-24(2)53-38)46-32-18-14-28-30-16-20-34-42-33(47-49-35-9-5-6-10-36(35)50(47)48(34)51)19-15-29(40(30)42)27-13-17-31(45(43)46)41(32)39(27)28/h3-22H,1-2H3. The van der Waals surface area contributed by atoms with Crippen LogP contribution in [0.3, 0.4) is 0 Å². The van der Waals surface area contributed by atoms with Crippen LogP contribution in [-0.4, -0.2) is 9.38 Å². The predicted octanol–water partition coefficient (Wildman–Crippen LogP) is 13.4. The summed E-state index contributed by atoms with van der Waals surface area (Å²) in [6.07, 6.45) is 0. The molecule has 53 heavy (non-hydrogen) atoms. The number of aromatic nitrogens is 2. The van der Waals surface area contributed by atoms with Gasteiger partial charge in [-0.05, 0) is 122 Å². The molecule has 12 aromatic rings. The Morgan fingerprint density at radius 2 is 0.943 bits per heavy atom. The van der Waals surface area contributed by atoms with Gasteiger partial charge in [-0.1, -0.05) is 72.8 Å². The van der Waals surface area contributed by atoms with Gasteiger partial charge in [-0.2, -0.15) is 0 Å². The molecular weight excluding hydrogens is 685 g/mol. The van der Waals surface area contributed by atoms with Gasteiger partial charge in [-0.25, -0.2) is 4.98 Å². The molecule has 0 saturated heterocycles. The third kappa shape index (κ3) is 3.37. The maximum Gasteiger partial charge on any atom is 0.264 e. The summed E-state index contributed by atoms with van der Waals surface area (Å²) in [5.74, 6) is 0. The normalized spacial score (nSPS) is 12.8. The van der Waals surface area contributed by atoms with E-state index in [9.17, 15) is 4.79 Å². The van der Waals surface area contributed by atoms with Gasteiger partial charge in [-0.15, -0.1) is 22.7 Å². The fraction of sp³-hybridized carbons (Fsp3) is 0.0417. The number of hydrogen-bond donors (Lipinski definition) is 0. The molecule has 0 radical (unpaired) electrons. The average molecular weight is 711 g/mol. The van der Waals surface area contributed by atoms with Crippen LogP contribution < -0.4 is 5.56 Å². The van der Waals surface area contributed by atoms with Crippen molar-refractivity contribution in [3.8, 4) is 43.1 Å². The molecule has 0 unspecified atom stereocenters. The van der Waals surface area contributed by atoms with Gasteiger partial charge >= 0.3 is 0 Å². The Hall–Kier alpha value is -6.14. The van der Waals surface area contributed by atoms with E-state index < -0.39 is 0 Å². The minimum atomic E-state index is -0.0142. The molecule has 13 rings (SSSR count). The number of aryl methyl sites for hydroxylation is 2. The maximum absolute atomic E-state index is 14.3. The zero-order valence-corrected chi connectivity index (χ0v) is 30.3. The van der Waals surface area contributed by atoms with E-state index in [4.69, 9.17) is 4.98 Å². The predicted molar refractivity (Wildman–Crippen MR) is 227 cm³/mol. The zero-order chi connectivity index (χ0) is 34.9. The van der Waals surface area contributed by atoms with Gasteiger partial charge in [0.15, 0.2) is 0 Å². The SMILES string of the molecule is Cc1ccc(-c2c3c(c(-c4ccc(C)s4)c4ccccc24)-c2ccc4c5ccc6c7c(ccc(c8ccc-3c2c84)c57)c(=O)n2c3ccccc3nc62)s1. The number of pyridine rings is 1. The number of benzene rings is 8. The Morgan fingerprint density at radius 3 is 1.53 bits per heavy atom. The second-order valence-corrected chi connectivity index (χ2v) is 17.1. The molecular formula is C48H26N2OS2. The van der Waals surface area contributed by atoms with E-state index in [2.05, 4.69) is 111 Å². The molecule has 3 nitrogen and oxygen atoms in total. The third-order valence-electron chi connectivity index (χ3n) is 11.9. The minimum absolute atomic E-state index is 0.0142. The smallest absolute Gasteiger partial charge is 0.264 e. The molecule has 246 valence electrons. The number of rotatable bonds is 2. The van der Waals surface area contributed by atoms with Crippen LogP contribution in [0.15, 0.2) is 126 Å². The molecule has 5 heteroatoms. The van der Waals surface area contributed by atoms with Crippen LogP contribution in [0, 0.1) is 13.8 Å². The van der Waals surface area contributed by atoms with Crippen molar-refractivity contribution in [2.45, 2.75) is 13.8 Å². The largest absolute Gasteiger partial charge is 0.268 e. The van der Waals surface area contributed by atoms with E-state index >= 15 is 0 Å². The number of hydrogen-bond acceptors (Lipinski definition) is 4. The first-order valence-electron chi connectivity index (χ1n) is 18.0. The first-order valence-corrected chi connectivity index (χ1v) is 19.6. The summed E-state index contributed by atoms with van der Waals surface area (Å²) in [6, 6.07) is 44.2. The number of thiophene rings is 2. The van der Waals surface area contributed by atoms with Crippen molar-refractivity contribution in [2.75, 3.05) is 0 Å². The van der Waals surface area contributed by atoms with E-state index in [1.165, 1.54) is 96.0 Å². The summed E-state index contributed by atoms with van der Waals surface area (Å²) in [6.45, 7) is 4.41. The molecule has 0 bridgehead atoms. The van der Waals surface area contributed by atoms with Crippen LogP contribution >= 0.6 is 22.7 Å². The van der Waals surface area contributed by atoms with Gasteiger partial charge in [-0.3, -0.25) is 9.20 Å². The van der Waals surface area contributed by atoms with Gasteiger partial charge in [0.1, 0.15) is 5.65 Å². The second-order valence-electron chi connectivity index (χ2n) is 14.6. The molecule has 0 atom stereocenters. The molecule has 8 aromatic carbocycles. The topological polar surface area (TPSA) is 34.4 Å². The van der Waals surface area contributed by atoms with Crippen LogP contribution in [0.5, 0.6) is 0 Å². The van der Waals surface area contributed by atoms with E-state index in [0.717, 1.165) is 38.2 Å². The lowest BCUT2D eigenvalue weighted by atomic mass is 9.86. The summed E-state index contributed by atoms with van der Waals surface area (Å²) >= 11 is 3.76. The Labute approximate surface area is 310 Å². The van der Waals surface area contributed by atoms with E-state index in [1.54, 1.807) is 4.40 Å². The van der Waals surface area contributed by atoms with Crippen molar-refractivity contribution in [3.05, 3.63) is 141 Å². The third-order valence-corrected chi connectivity index (χ3v) is 13.9. The Morgan fingerprint density at radius 1 is 0.453 bits per heavy atom. The molecule has 1 aliphatic carbocycles. The number of fused-ring (bicyclic) bond motifs is 10. The number of imidazole rings is 1. The monoisotopic (exact) mass is 710 g/mol. The first-order chi connectivity index (χ1) is 26.0. The highest BCUT2D eigenvalue weighted by atomic mass is 32.1. The minimum Gasteiger partial charge on any atom is -0.268 e. The average Bonchev–Trinajstić information content (AvgIpc) is 3.98. The summed E-state index contributed by atoms with van der Waals surface area (Å²) < 4.78 is 1.80. The van der Waals surface area contributed by atoms with Crippen LogP contribution in [0.4, 0.5) is 0 Å². The van der Waals surface area contributed by atoms with E-state index in [1.807, 2.05) is 46.9 Å². The van der Waals surface area contributed by atoms with Crippen LogP contribution in [-0.2, 0) is 0 Å². The Kier molecular flexibility index (Phi) is 5.17. The number of para-hydroxylation sites is 2. The maximum atomic E-state index is 14.3. The van der Waals surface area contributed by atoms with Crippen molar-refractivity contribution < 1.29 is 0 Å². The fourth-order valence-electron chi connectivity index (χ4n) is 9.83. The summed E-state index contributed by atoms with van der Waals surface area (Å²) in [5.41, 5.74) is 10.3. The van der Waals surface area contributed by atoms with Gasteiger partial charge in [0.25, 0.3) is 5.56 Å². The lowest BCUT2D eigenvalue weighted by Crippen LogP contribution is -2.13. The fourth-order valence-corrected chi connectivity index (χ4v) is 11.7. The van der Waals surface area contributed by atoms with E-state index in [-0.39, 0.29) is 5.56 Å². The molecule has 0 N–H and O–H groups in total. The van der Waals surface area contributed by atoms with Crippen molar-refractivity contribution >= 4 is 104 Å². The van der Waals surface area contributed by atoms with Crippen molar-refractivity contribution in [1.82, 2.24) is 9.38 Å². The summed E-state index contributed by atoms with van der Waals surface area (Å²) in [5, 5.41) is 13.9. The lowest BCUT2D eigenvalue weighted by Gasteiger charge is -2.18. The van der Waals surface area contributed by atoms with Gasteiger partial charge in [0.2, 0.25) is 0 Å². The summed E-state index contributed by atoms with van der Waals surface area (Å²) in [7, 11) is 0. The first kappa shape index (κ1) is 28.4. The highest BCUT2D eigenvalue weighted by Crippen LogP contribution is 2.60. The molecule has 0 spiro atoms. The Balaban J connectivity index is 1.22. The molecule has 4 heterocycles. The molecule has 0 saturated carbocycles. The van der Waals surface area contributed by atoms with Gasteiger partial charge < -0.3 is 0 Å². The van der Waals surface area contributed by atoms with Gasteiger partial charge in [0.05, 0.1) is 11.0 Å². The highest BCUT2D eigenvalue weighted by Gasteiger charge is 2.33. The van der Waals surface area contributed by atoms with Crippen molar-refractivity contribution in [2.24, 2.45) is 0 Å². The van der Waals surface area contributed by atoms with Crippen LogP contribution in [0.25, 0.3) is 124 Å². The lowest BCUT2D eigenvalue weighted by molar-refractivity contribution is 1.19. The van der Waals surface area contributed by atoms with Gasteiger partial charge in [0, 0.05) is 57.9 Å². The van der Waals surface area contributed by atoms with Crippen molar-refractivity contribution in [3.63, 3.8) is 0 Å². The highest BCUT2D eigenvalue weighted by molar-refractivity contribution is 7.16. The number of nitrogens with zero attached hydrogens (tertiary/aromatic N) is 2.